The molecule has 0 N–H and O–H groups in total. The van der Waals surface area contributed by atoms with Crippen molar-refractivity contribution in [2.24, 2.45) is 0 Å². The van der Waals surface area contributed by atoms with Gasteiger partial charge in [-0.25, -0.2) is 9.37 Å². The van der Waals surface area contributed by atoms with Crippen molar-refractivity contribution in [2.45, 2.75) is 22.8 Å². The van der Waals surface area contributed by atoms with Gasteiger partial charge in [0.15, 0.2) is 0 Å². The highest BCUT2D eigenvalue weighted by Gasteiger charge is 2.34. The molecular weight excluding hydrogens is 275 g/mol. The Morgan fingerprint density at radius 2 is 2.40 bits per heavy atom. The van der Waals surface area contributed by atoms with Crippen molar-refractivity contribution < 1.29 is 9.13 Å². The Labute approximate surface area is 121 Å². The summed E-state index contributed by atoms with van der Waals surface area (Å²) in [6, 6.07) is 4.90. The topological polar surface area (TPSA) is 27.1 Å². The molecular formula is C15H15FN2OS. The van der Waals surface area contributed by atoms with Gasteiger partial charge >= 0.3 is 0 Å². The normalized spacial score (nSPS) is 20.9. The molecule has 2 aromatic rings. The Hall–Kier alpha value is -1.59. The van der Waals surface area contributed by atoms with Crippen molar-refractivity contribution in [2.75, 3.05) is 6.61 Å². The second-order valence-electron chi connectivity index (χ2n) is 4.64. The summed E-state index contributed by atoms with van der Waals surface area (Å²) >= 11 is 1.73. The Morgan fingerprint density at radius 1 is 1.50 bits per heavy atom. The number of rotatable bonds is 5. The maximum atomic E-state index is 13.5. The average Bonchev–Trinajstić information content (AvgIpc) is 3.05. The van der Waals surface area contributed by atoms with Gasteiger partial charge in [0.1, 0.15) is 5.82 Å². The highest BCUT2D eigenvalue weighted by molar-refractivity contribution is 8.00. The predicted molar refractivity (Wildman–Crippen MR) is 77.2 cm³/mol. The van der Waals surface area contributed by atoms with Crippen LogP contribution in [0.4, 0.5) is 4.39 Å². The second-order valence-corrected chi connectivity index (χ2v) is 5.92. The molecule has 3 rings (SSSR count). The van der Waals surface area contributed by atoms with Gasteiger partial charge < -0.3 is 9.30 Å². The van der Waals surface area contributed by atoms with Crippen LogP contribution in [0.5, 0.6) is 0 Å². The second kappa shape index (κ2) is 5.81. The minimum Gasteiger partial charge on any atom is -0.368 e. The van der Waals surface area contributed by atoms with E-state index in [0.29, 0.717) is 6.61 Å². The third-order valence-corrected chi connectivity index (χ3v) is 4.56. The highest BCUT2D eigenvalue weighted by atomic mass is 32.2. The van der Waals surface area contributed by atoms with E-state index in [0.717, 1.165) is 17.0 Å². The number of hydrogen-bond donors (Lipinski definition) is 0. The molecule has 3 nitrogen and oxygen atoms in total. The number of benzene rings is 1. The maximum absolute atomic E-state index is 13.5. The van der Waals surface area contributed by atoms with E-state index in [1.54, 1.807) is 36.4 Å². The van der Waals surface area contributed by atoms with Gasteiger partial charge in [-0.15, -0.1) is 18.3 Å². The van der Waals surface area contributed by atoms with Gasteiger partial charge in [-0.3, -0.25) is 0 Å². The van der Waals surface area contributed by atoms with Crippen LogP contribution in [0.3, 0.4) is 0 Å². The lowest BCUT2D eigenvalue weighted by molar-refractivity contribution is 0.0702. The fourth-order valence-corrected chi connectivity index (χ4v) is 3.76. The molecule has 0 amide bonds. The summed E-state index contributed by atoms with van der Waals surface area (Å²) in [7, 11) is 0. The first kappa shape index (κ1) is 13.4. The van der Waals surface area contributed by atoms with E-state index in [2.05, 4.69) is 11.6 Å². The van der Waals surface area contributed by atoms with Crippen LogP contribution in [0, 0.1) is 5.82 Å². The summed E-state index contributed by atoms with van der Waals surface area (Å²) in [6.07, 6.45) is 7.07. The first-order chi connectivity index (χ1) is 9.78. The molecule has 0 bridgehead atoms. The third-order valence-electron chi connectivity index (χ3n) is 3.24. The minimum absolute atomic E-state index is 0.119. The largest absolute Gasteiger partial charge is 0.368 e. The van der Waals surface area contributed by atoms with Gasteiger partial charge in [-0.2, -0.15) is 0 Å². The molecule has 0 saturated heterocycles. The summed E-state index contributed by atoms with van der Waals surface area (Å²) in [6.45, 7) is 4.92. The van der Waals surface area contributed by atoms with E-state index in [-0.39, 0.29) is 17.2 Å². The molecule has 0 fully saturated rings. The molecule has 2 atom stereocenters. The Balaban J connectivity index is 1.85. The van der Waals surface area contributed by atoms with Gasteiger partial charge in [0, 0.05) is 23.8 Å². The molecule has 0 spiro atoms. The number of thioether (sulfide) groups is 1. The number of aromatic nitrogens is 2. The fourth-order valence-electron chi connectivity index (χ4n) is 2.38. The summed E-state index contributed by atoms with van der Waals surface area (Å²) in [5, 5.41) is 0.209. The van der Waals surface area contributed by atoms with Gasteiger partial charge in [0.25, 0.3) is 0 Å². The van der Waals surface area contributed by atoms with Crippen molar-refractivity contribution in [3.63, 3.8) is 0 Å². The Kier molecular flexibility index (Phi) is 3.89. The lowest BCUT2D eigenvalue weighted by Crippen LogP contribution is -2.19. The SMILES string of the molecule is C=CCOC1c2cc(F)ccc2SC1Cn1ccnc1. The van der Waals surface area contributed by atoms with Crippen molar-refractivity contribution in [3.8, 4) is 0 Å². The first-order valence-corrected chi connectivity index (χ1v) is 7.30. The molecule has 1 aromatic heterocycles. The molecule has 104 valence electrons. The number of hydrogen-bond acceptors (Lipinski definition) is 3. The predicted octanol–water partition coefficient (Wildman–Crippen LogP) is 3.44. The first-order valence-electron chi connectivity index (χ1n) is 6.42. The maximum Gasteiger partial charge on any atom is 0.123 e. The Bertz CT molecular complexity index is 600. The van der Waals surface area contributed by atoms with E-state index in [1.165, 1.54) is 6.07 Å². The molecule has 0 radical (unpaired) electrons. The van der Waals surface area contributed by atoms with Crippen LogP contribution >= 0.6 is 11.8 Å². The molecule has 20 heavy (non-hydrogen) atoms. The fraction of sp³-hybridized carbons (Fsp3) is 0.267. The van der Waals surface area contributed by atoms with Gasteiger partial charge in [0.2, 0.25) is 0 Å². The number of fused-ring (bicyclic) bond motifs is 1. The number of nitrogens with zero attached hydrogens (tertiary/aromatic N) is 2. The lowest BCUT2D eigenvalue weighted by Gasteiger charge is -2.20. The summed E-state index contributed by atoms with van der Waals surface area (Å²) in [5.41, 5.74) is 0.932. The number of halogens is 1. The monoisotopic (exact) mass is 290 g/mol. The zero-order valence-corrected chi connectivity index (χ0v) is 11.7. The Morgan fingerprint density at radius 3 is 3.15 bits per heavy atom. The van der Waals surface area contributed by atoms with Gasteiger partial charge in [-0.1, -0.05) is 6.08 Å². The smallest absolute Gasteiger partial charge is 0.123 e. The van der Waals surface area contributed by atoms with E-state index in [1.807, 2.05) is 16.8 Å². The van der Waals surface area contributed by atoms with E-state index < -0.39 is 0 Å². The minimum atomic E-state index is -0.222. The van der Waals surface area contributed by atoms with Crippen LogP contribution < -0.4 is 0 Å². The van der Waals surface area contributed by atoms with E-state index >= 15 is 0 Å². The summed E-state index contributed by atoms with van der Waals surface area (Å²) in [5.74, 6) is -0.222. The quantitative estimate of drug-likeness (QED) is 0.789. The van der Waals surface area contributed by atoms with Gasteiger partial charge in [0.05, 0.1) is 24.3 Å². The highest BCUT2D eigenvalue weighted by Crippen LogP contribution is 2.46. The summed E-state index contributed by atoms with van der Waals surface area (Å²) < 4.78 is 21.3. The van der Waals surface area contributed by atoms with Crippen molar-refractivity contribution in [1.29, 1.82) is 0 Å². The molecule has 2 unspecified atom stereocenters. The van der Waals surface area contributed by atoms with Crippen LogP contribution in [0.1, 0.15) is 11.7 Å². The summed E-state index contributed by atoms with van der Waals surface area (Å²) in [4.78, 5) is 5.14. The molecule has 0 saturated carbocycles. The van der Waals surface area contributed by atoms with Crippen molar-refractivity contribution in [1.82, 2.24) is 9.55 Å². The molecule has 1 aliphatic rings. The van der Waals surface area contributed by atoms with Crippen LogP contribution in [0.25, 0.3) is 0 Å². The van der Waals surface area contributed by atoms with Crippen LogP contribution in [-0.2, 0) is 11.3 Å². The van der Waals surface area contributed by atoms with Crippen molar-refractivity contribution >= 4 is 11.8 Å². The zero-order chi connectivity index (χ0) is 13.9. The van der Waals surface area contributed by atoms with Crippen LogP contribution in [0.2, 0.25) is 0 Å². The van der Waals surface area contributed by atoms with Crippen LogP contribution in [0.15, 0.2) is 54.5 Å². The number of imidazole rings is 1. The molecule has 0 aliphatic carbocycles. The van der Waals surface area contributed by atoms with Crippen LogP contribution in [-0.4, -0.2) is 21.4 Å². The molecule has 1 aromatic carbocycles. The molecule has 1 aliphatic heterocycles. The van der Waals surface area contributed by atoms with Gasteiger partial charge in [-0.05, 0) is 23.8 Å². The average molecular weight is 290 g/mol. The zero-order valence-electron chi connectivity index (χ0n) is 10.9. The van der Waals surface area contributed by atoms with E-state index in [9.17, 15) is 4.39 Å². The number of ether oxygens (including phenoxy) is 1. The van der Waals surface area contributed by atoms with Crippen molar-refractivity contribution in [3.05, 3.63) is 61.0 Å². The van der Waals surface area contributed by atoms with E-state index in [4.69, 9.17) is 4.74 Å². The third kappa shape index (κ3) is 2.64. The standard InChI is InChI=1S/C15H15FN2OS/c1-2-7-19-15-12-8-11(16)3-4-13(12)20-14(15)9-18-6-5-17-10-18/h2-6,8,10,14-15H,1,7,9H2. The molecule has 5 heteroatoms. The molecule has 2 heterocycles. The lowest BCUT2D eigenvalue weighted by atomic mass is 10.1.